The second kappa shape index (κ2) is 7.86. The van der Waals surface area contributed by atoms with Crippen molar-refractivity contribution in [2.75, 3.05) is 11.9 Å². The highest BCUT2D eigenvalue weighted by atomic mass is 35.5. The van der Waals surface area contributed by atoms with Crippen LogP contribution in [0.3, 0.4) is 0 Å². The van der Waals surface area contributed by atoms with E-state index >= 15 is 0 Å². The Morgan fingerprint density at radius 1 is 1.04 bits per heavy atom. The highest BCUT2D eigenvalue weighted by Gasteiger charge is 2.12. The summed E-state index contributed by atoms with van der Waals surface area (Å²) >= 11 is 6.02. The molecular formula is C21H20ClN5O. The van der Waals surface area contributed by atoms with E-state index in [-0.39, 0.29) is 5.28 Å². The van der Waals surface area contributed by atoms with E-state index in [1.165, 1.54) is 4.52 Å². The predicted molar refractivity (Wildman–Crippen MR) is 111 cm³/mol. The third-order valence-electron chi connectivity index (χ3n) is 4.19. The first-order valence-electron chi connectivity index (χ1n) is 9.09. The van der Waals surface area contributed by atoms with Gasteiger partial charge in [0.05, 0.1) is 0 Å². The first kappa shape index (κ1) is 18.3. The molecule has 1 N–H and O–H groups in total. The Kier molecular flexibility index (Phi) is 5.12. The quantitative estimate of drug-likeness (QED) is 0.481. The fourth-order valence-corrected chi connectivity index (χ4v) is 2.97. The lowest BCUT2D eigenvalue weighted by Gasteiger charge is -2.15. The van der Waals surface area contributed by atoms with Gasteiger partial charge in [0.2, 0.25) is 11.2 Å². The highest BCUT2D eigenvalue weighted by Crippen LogP contribution is 2.35. The van der Waals surface area contributed by atoms with Gasteiger partial charge in [-0.05, 0) is 47.3 Å². The zero-order valence-corrected chi connectivity index (χ0v) is 16.4. The van der Waals surface area contributed by atoms with Crippen LogP contribution in [0.25, 0.3) is 16.8 Å². The summed E-state index contributed by atoms with van der Waals surface area (Å²) in [7, 11) is 0. The minimum atomic E-state index is 0.192. The molecule has 0 saturated heterocycles. The second-order valence-electron chi connectivity index (χ2n) is 6.86. The monoisotopic (exact) mass is 393 g/mol. The number of anilines is 1. The average molecular weight is 394 g/mol. The van der Waals surface area contributed by atoms with Crippen LogP contribution in [0.1, 0.15) is 13.8 Å². The summed E-state index contributed by atoms with van der Waals surface area (Å²) in [4.78, 5) is 0. The Labute approximate surface area is 168 Å². The van der Waals surface area contributed by atoms with Crippen molar-refractivity contribution in [1.82, 2.24) is 19.8 Å². The SMILES string of the molecule is CC(C)CNc1ccc(Oc2ccc3nnc(Cl)n3n2)c(-c2ccccc2)c1. The van der Waals surface area contributed by atoms with Crippen molar-refractivity contribution in [1.29, 1.82) is 0 Å². The molecule has 0 aliphatic carbocycles. The Hall–Kier alpha value is -3.12. The summed E-state index contributed by atoms with van der Waals surface area (Å²) in [5.41, 5.74) is 3.65. The second-order valence-corrected chi connectivity index (χ2v) is 7.20. The molecule has 2 heterocycles. The predicted octanol–water partition coefficient (Wildman–Crippen LogP) is 5.30. The van der Waals surface area contributed by atoms with Gasteiger partial charge in [0, 0.05) is 23.9 Å². The molecule has 4 rings (SSSR count). The molecule has 0 fully saturated rings. The molecule has 4 aromatic rings. The van der Waals surface area contributed by atoms with Gasteiger partial charge >= 0.3 is 0 Å². The normalized spacial score (nSPS) is 11.1. The molecule has 0 bridgehead atoms. The fraction of sp³-hybridized carbons (Fsp3) is 0.190. The Balaban J connectivity index is 1.71. The van der Waals surface area contributed by atoms with Crippen molar-refractivity contribution in [2.45, 2.75) is 13.8 Å². The smallest absolute Gasteiger partial charge is 0.246 e. The summed E-state index contributed by atoms with van der Waals surface area (Å²) in [6, 6.07) is 19.7. The highest BCUT2D eigenvalue weighted by molar-refractivity contribution is 6.28. The molecule has 0 aliphatic rings. The maximum absolute atomic E-state index is 6.10. The maximum Gasteiger partial charge on any atom is 0.246 e. The van der Waals surface area contributed by atoms with Crippen LogP contribution in [-0.2, 0) is 0 Å². The average Bonchev–Trinajstić information content (AvgIpc) is 3.08. The van der Waals surface area contributed by atoms with Gasteiger partial charge in [-0.2, -0.15) is 4.52 Å². The van der Waals surface area contributed by atoms with Crippen molar-refractivity contribution >= 4 is 22.9 Å². The molecule has 0 aliphatic heterocycles. The number of ether oxygens (including phenoxy) is 1. The lowest BCUT2D eigenvalue weighted by Crippen LogP contribution is -2.08. The maximum atomic E-state index is 6.10. The number of hydrogen-bond donors (Lipinski definition) is 1. The number of benzene rings is 2. The van der Waals surface area contributed by atoms with Crippen LogP contribution in [0.2, 0.25) is 5.28 Å². The standard InChI is InChI=1S/C21H20ClN5O/c1-14(2)13-23-16-8-9-18(17(12-16)15-6-4-3-5-7-15)28-20-11-10-19-24-25-21(22)27(19)26-20/h3-12,14,23H,13H2,1-2H3. The first-order chi connectivity index (χ1) is 13.6. The van der Waals surface area contributed by atoms with Crippen LogP contribution in [0.15, 0.2) is 60.7 Å². The number of halogens is 1. The van der Waals surface area contributed by atoms with E-state index in [0.717, 1.165) is 23.4 Å². The number of nitrogens with zero attached hydrogens (tertiary/aromatic N) is 4. The van der Waals surface area contributed by atoms with Gasteiger partial charge in [0.15, 0.2) is 5.65 Å². The summed E-state index contributed by atoms with van der Waals surface area (Å²) in [6.45, 7) is 5.26. The zero-order valence-electron chi connectivity index (χ0n) is 15.6. The molecule has 142 valence electrons. The van der Waals surface area contributed by atoms with Crippen molar-refractivity contribution in [3.8, 4) is 22.8 Å². The molecule has 0 radical (unpaired) electrons. The van der Waals surface area contributed by atoms with Crippen molar-refractivity contribution < 1.29 is 4.74 Å². The van der Waals surface area contributed by atoms with Crippen LogP contribution >= 0.6 is 11.6 Å². The van der Waals surface area contributed by atoms with E-state index in [2.05, 4.69) is 52.7 Å². The number of rotatable bonds is 6. The summed E-state index contributed by atoms with van der Waals surface area (Å²) in [5.74, 6) is 1.67. The molecule has 7 heteroatoms. The molecule has 0 unspecified atom stereocenters. The topological polar surface area (TPSA) is 64.3 Å². The van der Waals surface area contributed by atoms with Gasteiger partial charge in [-0.3, -0.25) is 0 Å². The molecule has 28 heavy (non-hydrogen) atoms. The molecule has 0 atom stereocenters. The van der Waals surface area contributed by atoms with Crippen LogP contribution < -0.4 is 10.1 Å². The molecular weight excluding hydrogens is 374 g/mol. The number of aromatic nitrogens is 4. The summed E-state index contributed by atoms with van der Waals surface area (Å²) in [5, 5.41) is 15.8. The van der Waals surface area contributed by atoms with E-state index in [0.29, 0.717) is 23.2 Å². The van der Waals surface area contributed by atoms with E-state index < -0.39 is 0 Å². The van der Waals surface area contributed by atoms with Gasteiger partial charge in [0.1, 0.15) is 5.75 Å². The van der Waals surface area contributed by atoms with E-state index in [9.17, 15) is 0 Å². The Morgan fingerprint density at radius 3 is 2.64 bits per heavy atom. The summed E-state index contributed by atoms with van der Waals surface area (Å²) in [6.07, 6.45) is 0. The van der Waals surface area contributed by atoms with Crippen molar-refractivity contribution in [3.63, 3.8) is 0 Å². The fourth-order valence-electron chi connectivity index (χ4n) is 2.81. The van der Waals surface area contributed by atoms with Gasteiger partial charge in [-0.15, -0.1) is 15.3 Å². The van der Waals surface area contributed by atoms with Gasteiger partial charge in [-0.1, -0.05) is 44.2 Å². The molecule has 0 spiro atoms. The third-order valence-corrected chi connectivity index (χ3v) is 4.43. The summed E-state index contributed by atoms with van der Waals surface area (Å²) < 4.78 is 7.55. The Morgan fingerprint density at radius 2 is 1.86 bits per heavy atom. The van der Waals surface area contributed by atoms with E-state index in [1.54, 1.807) is 12.1 Å². The lowest BCUT2D eigenvalue weighted by atomic mass is 10.0. The van der Waals surface area contributed by atoms with Gasteiger partial charge in [0.25, 0.3) is 0 Å². The van der Waals surface area contributed by atoms with Crippen LogP contribution in [0.4, 0.5) is 5.69 Å². The van der Waals surface area contributed by atoms with Crippen molar-refractivity contribution in [2.24, 2.45) is 5.92 Å². The lowest BCUT2D eigenvalue weighted by molar-refractivity contribution is 0.454. The number of hydrogen-bond acceptors (Lipinski definition) is 5. The molecule has 6 nitrogen and oxygen atoms in total. The van der Waals surface area contributed by atoms with E-state index in [1.807, 2.05) is 30.3 Å². The zero-order chi connectivity index (χ0) is 19.5. The molecule has 0 amide bonds. The van der Waals surface area contributed by atoms with E-state index in [4.69, 9.17) is 16.3 Å². The van der Waals surface area contributed by atoms with Crippen LogP contribution in [0.5, 0.6) is 11.6 Å². The van der Waals surface area contributed by atoms with Crippen LogP contribution in [-0.4, -0.2) is 26.4 Å². The molecule has 2 aromatic heterocycles. The molecule has 2 aromatic carbocycles. The minimum absolute atomic E-state index is 0.192. The van der Waals surface area contributed by atoms with Crippen LogP contribution in [0, 0.1) is 5.92 Å². The first-order valence-corrected chi connectivity index (χ1v) is 9.47. The molecule has 0 saturated carbocycles. The Bertz CT molecular complexity index is 1090. The van der Waals surface area contributed by atoms with Gasteiger partial charge in [-0.25, -0.2) is 0 Å². The largest absolute Gasteiger partial charge is 0.437 e. The number of fused-ring (bicyclic) bond motifs is 1. The van der Waals surface area contributed by atoms with Crippen molar-refractivity contribution in [3.05, 3.63) is 65.9 Å². The third kappa shape index (κ3) is 3.92. The number of nitrogens with one attached hydrogen (secondary N) is 1. The minimum Gasteiger partial charge on any atom is -0.437 e. The van der Waals surface area contributed by atoms with Gasteiger partial charge < -0.3 is 10.1 Å².